The van der Waals surface area contributed by atoms with Crippen molar-refractivity contribution in [2.24, 2.45) is 0 Å². The summed E-state index contributed by atoms with van der Waals surface area (Å²) in [5.41, 5.74) is 0.288. The molecule has 2 amide bonds. The second-order valence-corrected chi connectivity index (χ2v) is 5.48. The van der Waals surface area contributed by atoms with Crippen molar-refractivity contribution < 1.29 is 19.5 Å². The Balaban J connectivity index is 2.02. The van der Waals surface area contributed by atoms with Gasteiger partial charge in [-0.15, -0.1) is 0 Å². The molecule has 1 aromatic heterocycles. The maximum atomic E-state index is 12.3. The van der Waals surface area contributed by atoms with E-state index in [2.05, 4.69) is 10.3 Å². The largest absolute Gasteiger partial charge is 0.480 e. The molecule has 1 saturated heterocycles. The molecule has 8 heteroatoms. The summed E-state index contributed by atoms with van der Waals surface area (Å²) in [4.78, 5) is 40.6. The molecule has 2 heterocycles. The normalized spacial score (nSPS) is 18.8. The monoisotopic (exact) mass is 325 g/mol. The molecule has 0 unspecified atom stereocenters. The number of aromatic nitrogens is 1. The lowest BCUT2D eigenvalue weighted by Gasteiger charge is -2.25. The van der Waals surface area contributed by atoms with E-state index in [0.29, 0.717) is 19.4 Å². The van der Waals surface area contributed by atoms with Crippen molar-refractivity contribution in [3.8, 4) is 0 Å². The summed E-state index contributed by atoms with van der Waals surface area (Å²) in [6, 6.07) is 1.24. The minimum atomic E-state index is -1.02. The van der Waals surface area contributed by atoms with Crippen LogP contribution in [0.5, 0.6) is 0 Å². The van der Waals surface area contributed by atoms with Gasteiger partial charge >= 0.3 is 5.97 Å². The first-order valence-corrected chi connectivity index (χ1v) is 7.23. The molecular formula is C14H16ClN3O4. The third kappa shape index (κ3) is 3.54. The molecule has 7 nitrogen and oxygen atoms in total. The Morgan fingerprint density at radius 2 is 2.23 bits per heavy atom. The molecule has 0 aliphatic carbocycles. The van der Waals surface area contributed by atoms with Gasteiger partial charge in [0, 0.05) is 18.3 Å². The van der Waals surface area contributed by atoms with E-state index < -0.39 is 29.9 Å². The quantitative estimate of drug-likeness (QED) is 0.802. The number of nitrogens with one attached hydrogen (secondary N) is 1. The first-order valence-electron chi connectivity index (χ1n) is 6.86. The number of carboxylic acid groups (broad SMARTS) is 1. The van der Waals surface area contributed by atoms with Crippen molar-refractivity contribution in [3.63, 3.8) is 0 Å². The third-order valence-electron chi connectivity index (χ3n) is 3.53. The zero-order valence-corrected chi connectivity index (χ0v) is 12.7. The van der Waals surface area contributed by atoms with E-state index in [1.54, 1.807) is 0 Å². The highest BCUT2D eigenvalue weighted by Crippen LogP contribution is 2.18. The van der Waals surface area contributed by atoms with Crippen LogP contribution in [0.4, 0.5) is 0 Å². The Bertz CT molecular complexity index is 608. The van der Waals surface area contributed by atoms with Crippen LogP contribution in [0.15, 0.2) is 18.3 Å². The number of hydrogen-bond donors (Lipinski definition) is 2. The fourth-order valence-electron chi connectivity index (χ4n) is 2.42. The number of amides is 2. The average Bonchev–Trinajstić information content (AvgIpc) is 2.95. The predicted molar refractivity (Wildman–Crippen MR) is 78.5 cm³/mol. The molecule has 1 aromatic rings. The van der Waals surface area contributed by atoms with Crippen LogP contribution in [0.3, 0.4) is 0 Å². The van der Waals surface area contributed by atoms with Crippen LogP contribution in [-0.2, 0) is 9.59 Å². The SMILES string of the molecule is C[C@H](NC(=O)c1ccnc(Cl)c1)C(=O)N1CCC[C@H]1C(=O)O. The third-order valence-corrected chi connectivity index (χ3v) is 3.73. The minimum Gasteiger partial charge on any atom is -0.480 e. The number of carbonyl (C=O) groups excluding carboxylic acids is 2. The number of aliphatic carboxylic acids is 1. The van der Waals surface area contributed by atoms with Crippen molar-refractivity contribution in [2.45, 2.75) is 31.8 Å². The summed E-state index contributed by atoms with van der Waals surface area (Å²) in [6.45, 7) is 1.91. The lowest BCUT2D eigenvalue weighted by Crippen LogP contribution is -2.50. The Morgan fingerprint density at radius 3 is 2.86 bits per heavy atom. The molecule has 22 heavy (non-hydrogen) atoms. The molecule has 0 radical (unpaired) electrons. The minimum absolute atomic E-state index is 0.178. The molecule has 1 aliphatic rings. The van der Waals surface area contributed by atoms with Crippen molar-refractivity contribution >= 4 is 29.4 Å². The number of pyridine rings is 1. The van der Waals surface area contributed by atoms with E-state index in [0.717, 1.165) is 0 Å². The smallest absolute Gasteiger partial charge is 0.326 e. The second-order valence-electron chi connectivity index (χ2n) is 5.09. The van der Waals surface area contributed by atoms with Gasteiger partial charge in [0.2, 0.25) is 5.91 Å². The first-order chi connectivity index (χ1) is 10.4. The molecule has 1 aliphatic heterocycles. The number of carbonyl (C=O) groups is 3. The van der Waals surface area contributed by atoms with Crippen molar-refractivity contribution in [3.05, 3.63) is 29.0 Å². The summed E-state index contributed by atoms with van der Waals surface area (Å²) in [7, 11) is 0. The maximum absolute atomic E-state index is 12.3. The zero-order chi connectivity index (χ0) is 16.3. The van der Waals surface area contributed by atoms with Crippen molar-refractivity contribution in [1.82, 2.24) is 15.2 Å². The van der Waals surface area contributed by atoms with Gasteiger partial charge in [-0.25, -0.2) is 9.78 Å². The fourth-order valence-corrected chi connectivity index (χ4v) is 2.60. The summed E-state index contributed by atoms with van der Waals surface area (Å²) >= 11 is 5.71. The lowest BCUT2D eigenvalue weighted by molar-refractivity contribution is -0.148. The molecule has 118 valence electrons. The molecular weight excluding hydrogens is 310 g/mol. The summed E-state index contributed by atoms with van der Waals surface area (Å²) in [6.07, 6.45) is 2.47. The molecule has 0 aromatic carbocycles. The van der Waals surface area contributed by atoms with Crippen molar-refractivity contribution in [1.29, 1.82) is 0 Å². The van der Waals surface area contributed by atoms with Gasteiger partial charge in [-0.05, 0) is 31.9 Å². The van der Waals surface area contributed by atoms with E-state index in [9.17, 15) is 14.4 Å². The summed E-state index contributed by atoms with van der Waals surface area (Å²) in [5, 5.41) is 11.8. The van der Waals surface area contributed by atoms with E-state index >= 15 is 0 Å². The Kier molecular flexibility index (Phi) is 4.97. The van der Waals surface area contributed by atoms with Gasteiger partial charge < -0.3 is 15.3 Å². The zero-order valence-electron chi connectivity index (χ0n) is 12.0. The van der Waals surface area contributed by atoms with E-state index in [4.69, 9.17) is 16.7 Å². The highest BCUT2D eigenvalue weighted by Gasteiger charge is 2.36. The van der Waals surface area contributed by atoms with Gasteiger partial charge in [0.05, 0.1) is 0 Å². The van der Waals surface area contributed by atoms with E-state index in [1.807, 2.05) is 0 Å². The second kappa shape index (κ2) is 6.74. The van der Waals surface area contributed by atoms with Gasteiger partial charge in [0.1, 0.15) is 17.2 Å². The predicted octanol–water partition coefficient (Wildman–Crippen LogP) is 0.929. The Morgan fingerprint density at radius 1 is 1.50 bits per heavy atom. The van der Waals surface area contributed by atoms with Crippen LogP contribution in [0, 0.1) is 0 Å². The van der Waals surface area contributed by atoms with Gasteiger partial charge in [-0.1, -0.05) is 11.6 Å². The molecule has 0 saturated carbocycles. The van der Waals surface area contributed by atoms with Gasteiger partial charge in [-0.2, -0.15) is 0 Å². The molecule has 2 atom stereocenters. The van der Waals surface area contributed by atoms with Crippen LogP contribution in [0.25, 0.3) is 0 Å². The Hall–Kier alpha value is -2.15. The number of carboxylic acids is 1. The summed E-state index contributed by atoms with van der Waals surface area (Å²) < 4.78 is 0. The van der Waals surface area contributed by atoms with Gasteiger partial charge in [-0.3, -0.25) is 9.59 Å². The number of hydrogen-bond acceptors (Lipinski definition) is 4. The number of nitrogens with zero attached hydrogens (tertiary/aromatic N) is 2. The van der Waals surface area contributed by atoms with Crippen LogP contribution in [0.1, 0.15) is 30.1 Å². The summed E-state index contributed by atoms with van der Waals surface area (Å²) in [5.74, 6) is -1.89. The number of rotatable bonds is 4. The first kappa shape index (κ1) is 16.2. The maximum Gasteiger partial charge on any atom is 0.326 e. The highest BCUT2D eigenvalue weighted by molar-refractivity contribution is 6.29. The highest BCUT2D eigenvalue weighted by atomic mass is 35.5. The lowest BCUT2D eigenvalue weighted by atomic mass is 10.2. The molecule has 2 N–H and O–H groups in total. The van der Waals surface area contributed by atoms with Crippen molar-refractivity contribution in [2.75, 3.05) is 6.54 Å². The molecule has 0 spiro atoms. The topological polar surface area (TPSA) is 99.6 Å². The average molecular weight is 326 g/mol. The Labute approximate surface area is 132 Å². The van der Waals surface area contributed by atoms with E-state index in [-0.39, 0.29) is 10.7 Å². The van der Waals surface area contributed by atoms with Crippen LogP contribution in [0.2, 0.25) is 5.15 Å². The molecule has 2 rings (SSSR count). The van der Waals surface area contributed by atoms with Gasteiger partial charge in [0.25, 0.3) is 5.91 Å². The van der Waals surface area contributed by atoms with Crippen LogP contribution < -0.4 is 5.32 Å². The molecule has 1 fully saturated rings. The molecule has 0 bridgehead atoms. The fraction of sp³-hybridized carbons (Fsp3) is 0.429. The van der Waals surface area contributed by atoms with Crippen LogP contribution >= 0.6 is 11.6 Å². The standard InChI is InChI=1S/C14H16ClN3O4/c1-8(13(20)18-6-2-3-10(18)14(21)22)17-12(19)9-4-5-16-11(15)7-9/h4-5,7-8,10H,2-3,6H2,1H3,(H,17,19)(H,21,22)/t8-,10-/m0/s1. The van der Waals surface area contributed by atoms with Crippen LogP contribution in [-0.4, -0.2) is 51.4 Å². The number of likely N-dealkylation sites (tertiary alicyclic amines) is 1. The number of halogens is 1. The van der Waals surface area contributed by atoms with E-state index in [1.165, 1.54) is 30.2 Å². The van der Waals surface area contributed by atoms with Gasteiger partial charge in [0.15, 0.2) is 0 Å².